The Hall–Kier alpha value is -2.62. The second-order valence-corrected chi connectivity index (χ2v) is 6.03. The van der Waals surface area contributed by atoms with Crippen LogP contribution in [0.2, 0.25) is 0 Å². The van der Waals surface area contributed by atoms with E-state index in [1.165, 1.54) is 0 Å². The van der Waals surface area contributed by atoms with Crippen molar-refractivity contribution in [1.29, 1.82) is 0 Å². The van der Waals surface area contributed by atoms with Gasteiger partial charge in [0.15, 0.2) is 0 Å². The molecule has 1 aliphatic heterocycles. The highest BCUT2D eigenvalue weighted by molar-refractivity contribution is 6.05. The molecule has 4 nitrogen and oxygen atoms in total. The lowest BCUT2D eigenvalue weighted by atomic mass is 10.1. The number of amides is 2. The SMILES string of the molecule is Cc1cc(C)cc(C(=O)Nc2cccc(N3CCCC3=O)c2)c1. The van der Waals surface area contributed by atoms with E-state index in [2.05, 4.69) is 5.32 Å². The molecule has 2 amide bonds. The van der Waals surface area contributed by atoms with Crippen molar-refractivity contribution in [1.82, 2.24) is 0 Å². The van der Waals surface area contributed by atoms with Gasteiger partial charge in [-0.1, -0.05) is 23.3 Å². The van der Waals surface area contributed by atoms with Crippen LogP contribution in [0.3, 0.4) is 0 Å². The first-order valence-corrected chi connectivity index (χ1v) is 7.83. The van der Waals surface area contributed by atoms with Gasteiger partial charge < -0.3 is 10.2 Å². The number of carbonyl (C=O) groups is 2. The molecule has 0 unspecified atom stereocenters. The lowest BCUT2D eigenvalue weighted by Gasteiger charge is -2.17. The standard InChI is InChI=1S/C19H20N2O2/c1-13-9-14(2)11-15(10-13)19(23)20-16-5-3-6-17(12-16)21-8-4-7-18(21)22/h3,5-6,9-12H,4,7-8H2,1-2H3,(H,20,23). The number of nitrogens with one attached hydrogen (secondary N) is 1. The van der Waals surface area contributed by atoms with Gasteiger partial charge in [0.2, 0.25) is 5.91 Å². The number of benzene rings is 2. The predicted octanol–water partition coefficient (Wildman–Crippen LogP) is 3.68. The largest absolute Gasteiger partial charge is 0.322 e. The van der Waals surface area contributed by atoms with Gasteiger partial charge in [-0.3, -0.25) is 9.59 Å². The second-order valence-electron chi connectivity index (χ2n) is 6.03. The average Bonchev–Trinajstić information content (AvgIpc) is 2.92. The first-order valence-electron chi connectivity index (χ1n) is 7.83. The minimum atomic E-state index is -0.137. The highest BCUT2D eigenvalue weighted by Crippen LogP contribution is 2.24. The van der Waals surface area contributed by atoms with Gasteiger partial charge in [-0.05, 0) is 50.6 Å². The van der Waals surface area contributed by atoms with Crippen LogP contribution in [-0.4, -0.2) is 18.4 Å². The number of anilines is 2. The molecule has 0 aromatic heterocycles. The van der Waals surface area contributed by atoms with Gasteiger partial charge in [-0.2, -0.15) is 0 Å². The van der Waals surface area contributed by atoms with Crippen molar-refractivity contribution in [2.45, 2.75) is 26.7 Å². The summed E-state index contributed by atoms with van der Waals surface area (Å²) in [5.41, 5.74) is 4.31. The Morgan fingerprint density at radius 3 is 2.48 bits per heavy atom. The zero-order chi connectivity index (χ0) is 16.4. The Kier molecular flexibility index (Phi) is 4.15. The molecule has 0 radical (unpaired) electrons. The molecular weight excluding hydrogens is 288 g/mol. The van der Waals surface area contributed by atoms with E-state index in [0.717, 1.165) is 29.8 Å². The maximum Gasteiger partial charge on any atom is 0.255 e. The van der Waals surface area contributed by atoms with Gasteiger partial charge in [0.05, 0.1) is 0 Å². The Morgan fingerprint density at radius 1 is 1.09 bits per heavy atom. The molecule has 1 heterocycles. The molecule has 0 spiro atoms. The van der Waals surface area contributed by atoms with Crippen LogP contribution in [0.5, 0.6) is 0 Å². The van der Waals surface area contributed by atoms with Gasteiger partial charge in [0.25, 0.3) is 5.91 Å². The third-order valence-corrected chi connectivity index (χ3v) is 3.97. The van der Waals surface area contributed by atoms with Crippen LogP contribution in [0.1, 0.15) is 34.3 Å². The van der Waals surface area contributed by atoms with Crippen molar-refractivity contribution >= 4 is 23.2 Å². The summed E-state index contributed by atoms with van der Waals surface area (Å²) in [7, 11) is 0. The molecular formula is C19H20N2O2. The van der Waals surface area contributed by atoms with Crippen LogP contribution in [0.4, 0.5) is 11.4 Å². The third-order valence-electron chi connectivity index (χ3n) is 3.97. The molecule has 2 aromatic carbocycles. The van der Waals surface area contributed by atoms with E-state index in [1.807, 2.05) is 56.3 Å². The summed E-state index contributed by atoms with van der Waals surface area (Å²) in [5, 5.41) is 2.91. The van der Waals surface area contributed by atoms with Crippen molar-refractivity contribution < 1.29 is 9.59 Å². The number of rotatable bonds is 3. The minimum absolute atomic E-state index is 0.137. The summed E-state index contributed by atoms with van der Waals surface area (Å²) in [4.78, 5) is 26.0. The summed E-state index contributed by atoms with van der Waals surface area (Å²) in [6.45, 7) is 4.69. The van der Waals surface area contributed by atoms with E-state index >= 15 is 0 Å². The molecule has 1 saturated heterocycles. The lowest BCUT2D eigenvalue weighted by molar-refractivity contribution is -0.117. The van der Waals surface area contributed by atoms with E-state index in [9.17, 15) is 9.59 Å². The van der Waals surface area contributed by atoms with Crippen LogP contribution in [-0.2, 0) is 4.79 Å². The molecule has 0 aliphatic carbocycles. The molecule has 0 saturated carbocycles. The first kappa shape index (κ1) is 15.3. The fraction of sp³-hybridized carbons (Fsp3) is 0.263. The van der Waals surface area contributed by atoms with Gasteiger partial charge in [0.1, 0.15) is 0 Å². The molecule has 118 valence electrons. The number of hydrogen-bond donors (Lipinski definition) is 1. The Morgan fingerprint density at radius 2 is 1.83 bits per heavy atom. The van der Waals surface area contributed by atoms with Gasteiger partial charge >= 0.3 is 0 Å². The molecule has 4 heteroatoms. The maximum absolute atomic E-state index is 12.4. The van der Waals surface area contributed by atoms with Crippen molar-refractivity contribution in [2.75, 3.05) is 16.8 Å². The highest BCUT2D eigenvalue weighted by atomic mass is 16.2. The Balaban J connectivity index is 1.80. The fourth-order valence-corrected chi connectivity index (χ4v) is 2.98. The summed E-state index contributed by atoms with van der Waals surface area (Å²) < 4.78 is 0. The maximum atomic E-state index is 12.4. The summed E-state index contributed by atoms with van der Waals surface area (Å²) >= 11 is 0. The molecule has 3 rings (SSSR count). The molecule has 23 heavy (non-hydrogen) atoms. The van der Waals surface area contributed by atoms with E-state index < -0.39 is 0 Å². The topological polar surface area (TPSA) is 49.4 Å². The van der Waals surface area contributed by atoms with Crippen LogP contribution >= 0.6 is 0 Å². The van der Waals surface area contributed by atoms with Gasteiger partial charge in [-0.15, -0.1) is 0 Å². The monoisotopic (exact) mass is 308 g/mol. The normalized spacial score (nSPS) is 14.2. The molecule has 1 aliphatic rings. The minimum Gasteiger partial charge on any atom is -0.322 e. The quantitative estimate of drug-likeness (QED) is 0.940. The van der Waals surface area contributed by atoms with Crippen LogP contribution in [0, 0.1) is 13.8 Å². The summed E-state index contributed by atoms with van der Waals surface area (Å²) in [6, 6.07) is 13.2. The predicted molar refractivity (Wildman–Crippen MR) is 91.9 cm³/mol. The van der Waals surface area contributed by atoms with Crippen molar-refractivity contribution in [2.24, 2.45) is 0 Å². The number of carbonyl (C=O) groups excluding carboxylic acids is 2. The second kappa shape index (κ2) is 6.24. The number of aryl methyl sites for hydroxylation is 2. The molecule has 1 fully saturated rings. The highest BCUT2D eigenvalue weighted by Gasteiger charge is 2.21. The average molecular weight is 308 g/mol. The van der Waals surface area contributed by atoms with E-state index in [0.29, 0.717) is 17.7 Å². The van der Waals surface area contributed by atoms with Crippen molar-refractivity contribution in [3.63, 3.8) is 0 Å². The van der Waals surface area contributed by atoms with E-state index in [4.69, 9.17) is 0 Å². The van der Waals surface area contributed by atoms with Crippen molar-refractivity contribution in [3.05, 3.63) is 59.2 Å². The zero-order valence-electron chi connectivity index (χ0n) is 13.4. The molecule has 0 bridgehead atoms. The van der Waals surface area contributed by atoms with Crippen LogP contribution < -0.4 is 10.2 Å². The lowest BCUT2D eigenvalue weighted by Crippen LogP contribution is -2.23. The van der Waals surface area contributed by atoms with Crippen molar-refractivity contribution in [3.8, 4) is 0 Å². The molecule has 0 atom stereocenters. The van der Waals surface area contributed by atoms with E-state index in [1.54, 1.807) is 4.90 Å². The smallest absolute Gasteiger partial charge is 0.255 e. The zero-order valence-corrected chi connectivity index (χ0v) is 13.4. The first-order chi connectivity index (χ1) is 11.0. The van der Waals surface area contributed by atoms with Gasteiger partial charge in [-0.25, -0.2) is 0 Å². The summed E-state index contributed by atoms with van der Waals surface area (Å²) in [5.74, 6) is 0.00415. The van der Waals surface area contributed by atoms with E-state index in [-0.39, 0.29) is 11.8 Å². The van der Waals surface area contributed by atoms with Crippen LogP contribution in [0.25, 0.3) is 0 Å². The Labute approximate surface area is 136 Å². The molecule has 1 N–H and O–H groups in total. The van der Waals surface area contributed by atoms with Crippen LogP contribution in [0.15, 0.2) is 42.5 Å². The third kappa shape index (κ3) is 3.42. The molecule has 2 aromatic rings. The Bertz CT molecular complexity index is 747. The fourth-order valence-electron chi connectivity index (χ4n) is 2.98. The number of nitrogens with zero attached hydrogens (tertiary/aromatic N) is 1. The van der Waals surface area contributed by atoms with Gasteiger partial charge in [0, 0.05) is 29.9 Å². The summed E-state index contributed by atoms with van der Waals surface area (Å²) in [6.07, 6.45) is 1.48. The number of hydrogen-bond acceptors (Lipinski definition) is 2.